The van der Waals surface area contributed by atoms with Crippen molar-refractivity contribution >= 4 is 28.9 Å². The molecular weight excluding hydrogens is 207 g/mol. The third kappa shape index (κ3) is 3.14. The third-order valence-electron chi connectivity index (χ3n) is 1.49. The van der Waals surface area contributed by atoms with Crippen LogP contribution >= 0.6 is 23.2 Å². The second-order valence-corrected chi connectivity index (χ2v) is 3.28. The van der Waals surface area contributed by atoms with Gasteiger partial charge >= 0.3 is 0 Å². The molecule has 4 heteroatoms. The van der Waals surface area contributed by atoms with Gasteiger partial charge in [-0.3, -0.25) is 0 Å². The van der Waals surface area contributed by atoms with Gasteiger partial charge in [-0.1, -0.05) is 23.2 Å². The summed E-state index contributed by atoms with van der Waals surface area (Å²) in [4.78, 5) is 0. The second-order valence-electron chi connectivity index (χ2n) is 2.46. The lowest BCUT2D eigenvalue weighted by Crippen LogP contribution is -1.99. The predicted molar refractivity (Wildman–Crippen MR) is 55.2 cm³/mol. The lowest BCUT2D eigenvalue weighted by Gasteiger charge is -2.04. The average Bonchev–Trinajstić information content (AvgIpc) is 2.12. The van der Waals surface area contributed by atoms with E-state index in [0.717, 1.165) is 5.69 Å². The molecular formula is C9H8Cl2N2. The Bertz CT molecular complexity index is 331. The summed E-state index contributed by atoms with van der Waals surface area (Å²) >= 11 is 11.5. The summed E-state index contributed by atoms with van der Waals surface area (Å²) in [6.45, 7) is 0.620. The Morgan fingerprint density at radius 3 is 2.69 bits per heavy atom. The van der Waals surface area contributed by atoms with E-state index in [1.807, 2.05) is 12.1 Å². The van der Waals surface area contributed by atoms with Crippen LogP contribution in [0.3, 0.4) is 0 Å². The number of rotatable bonds is 3. The molecule has 0 aliphatic rings. The minimum Gasteiger partial charge on any atom is -0.384 e. The van der Waals surface area contributed by atoms with E-state index < -0.39 is 0 Å². The number of nitrogens with zero attached hydrogens (tertiary/aromatic N) is 1. The summed E-state index contributed by atoms with van der Waals surface area (Å²) in [6.07, 6.45) is 0.472. The number of nitrogens with one attached hydrogen (secondary N) is 1. The monoisotopic (exact) mass is 214 g/mol. The molecule has 1 N–H and O–H groups in total. The van der Waals surface area contributed by atoms with Gasteiger partial charge in [0.2, 0.25) is 0 Å². The van der Waals surface area contributed by atoms with Crippen molar-refractivity contribution in [3.05, 3.63) is 28.2 Å². The molecule has 13 heavy (non-hydrogen) atoms. The molecule has 1 rings (SSSR count). The fourth-order valence-corrected chi connectivity index (χ4v) is 1.17. The van der Waals surface area contributed by atoms with E-state index in [2.05, 4.69) is 5.32 Å². The summed E-state index contributed by atoms with van der Waals surface area (Å²) in [5.74, 6) is 0. The van der Waals surface area contributed by atoms with Crippen molar-refractivity contribution < 1.29 is 0 Å². The van der Waals surface area contributed by atoms with Gasteiger partial charge in [0.05, 0.1) is 22.5 Å². The molecule has 0 unspecified atom stereocenters. The largest absolute Gasteiger partial charge is 0.384 e. The maximum Gasteiger partial charge on any atom is 0.0640 e. The maximum atomic E-state index is 8.31. The van der Waals surface area contributed by atoms with Crippen molar-refractivity contribution in [2.24, 2.45) is 0 Å². The summed E-state index contributed by atoms with van der Waals surface area (Å²) in [6, 6.07) is 7.33. The SMILES string of the molecule is N#CCCNc1ccc(Cl)c(Cl)c1. The van der Waals surface area contributed by atoms with Crippen LogP contribution in [0.15, 0.2) is 18.2 Å². The molecule has 0 saturated heterocycles. The Hall–Kier alpha value is -0.910. The Morgan fingerprint density at radius 2 is 2.08 bits per heavy atom. The first kappa shape index (κ1) is 10.2. The summed E-state index contributed by atoms with van der Waals surface area (Å²) < 4.78 is 0. The van der Waals surface area contributed by atoms with Crippen LogP contribution in [0.25, 0.3) is 0 Å². The average molecular weight is 215 g/mol. The van der Waals surface area contributed by atoms with Crippen molar-refractivity contribution in [3.63, 3.8) is 0 Å². The number of benzene rings is 1. The number of nitriles is 1. The quantitative estimate of drug-likeness (QED) is 0.785. The fraction of sp³-hybridized carbons (Fsp3) is 0.222. The molecule has 0 atom stereocenters. The molecule has 0 spiro atoms. The van der Waals surface area contributed by atoms with Crippen LogP contribution in [0.2, 0.25) is 10.0 Å². The summed E-state index contributed by atoms with van der Waals surface area (Å²) in [5, 5.41) is 12.4. The standard InChI is InChI=1S/C9H8Cl2N2/c10-8-3-2-7(6-9(8)11)13-5-1-4-12/h2-3,6,13H,1,5H2. The maximum absolute atomic E-state index is 8.31. The molecule has 1 aromatic rings. The molecule has 0 amide bonds. The van der Waals surface area contributed by atoms with Gasteiger partial charge in [-0.05, 0) is 18.2 Å². The Labute approximate surface area is 87.1 Å². The van der Waals surface area contributed by atoms with E-state index in [1.165, 1.54) is 0 Å². The van der Waals surface area contributed by atoms with Gasteiger partial charge in [-0.25, -0.2) is 0 Å². The van der Waals surface area contributed by atoms with Crippen LogP contribution in [0.4, 0.5) is 5.69 Å². The highest BCUT2D eigenvalue weighted by Crippen LogP contribution is 2.24. The predicted octanol–water partition coefficient (Wildman–Crippen LogP) is 3.32. The van der Waals surface area contributed by atoms with Gasteiger partial charge in [-0.2, -0.15) is 5.26 Å². The van der Waals surface area contributed by atoms with Crippen molar-refractivity contribution in [3.8, 4) is 6.07 Å². The Morgan fingerprint density at radius 1 is 1.31 bits per heavy atom. The topological polar surface area (TPSA) is 35.8 Å². The lowest BCUT2D eigenvalue weighted by atomic mass is 10.3. The fourth-order valence-electron chi connectivity index (χ4n) is 0.869. The van der Waals surface area contributed by atoms with E-state index in [-0.39, 0.29) is 0 Å². The van der Waals surface area contributed by atoms with Gasteiger partial charge in [0.25, 0.3) is 0 Å². The highest BCUT2D eigenvalue weighted by atomic mass is 35.5. The molecule has 0 fully saturated rings. The highest BCUT2D eigenvalue weighted by Gasteiger charge is 1.97. The number of anilines is 1. The summed E-state index contributed by atoms with van der Waals surface area (Å²) in [5.41, 5.74) is 0.879. The van der Waals surface area contributed by atoms with Crippen molar-refractivity contribution in [2.45, 2.75) is 6.42 Å². The third-order valence-corrected chi connectivity index (χ3v) is 2.22. The molecule has 0 aliphatic carbocycles. The van der Waals surface area contributed by atoms with Gasteiger partial charge in [0.1, 0.15) is 0 Å². The van der Waals surface area contributed by atoms with E-state index in [0.29, 0.717) is 23.0 Å². The van der Waals surface area contributed by atoms with Crippen molar-refractivity contribution in [2.75, 3.05) is 11.9 Å². The normalized spacial score (nSPS) is 9.31. The van der Waals surface area contributed by atoms with Gasteiger partial charge in [-0.15, -0.1) is 0 Å². The minimum atomic E-state index is 0.472. The molecule has 68 valence electrons. The number of hydrogen-bond acceptors (Lipinski definition) is 2. The smallest absolute Gasteiger partial charge is 0.0640 e. The first-order valence-electron chi connectivity index (χ1n) is 3.80. The van der Waals surface area contributed by atoms with Crippen LogP contribution in [-0.2, 0) is 0 Å². The number of halogens is 2. The van der Waals surface area contributed by atoms with Gasteiger partial charge < -0.3 is 5.32 Å². The molecule has 2 nitrogen and oxygen atoms in total. The molecule has 0 aliphatic heterocycles. The molecule has 0 aromatic heterocycles. The molecule has 0 bridgehead atoms. The lowest BCUT2D eigenvalue weighted by molar-refractivity contribution is 1.08. The number of hydrogen-bond donors (Lipinski definition) is 1. The van der Waals surface area contributed by atoms with Crippen LogP contribution in [-0.4, -0.2) is 6.54 Å². The van der Waals surface area contributed by atoms with Crippen LogP contribution < -0.4 is 5.32 Å². The van der Waals surface area contributed by atoms with Crippen molar-refractivity contribution in [1.29, 1.82) is 5.26 Å². The molecule has 0 heterocycles. The Kier molecular flexibility index (Phi) is 3.88. The zero-order valence-corrected chi connectivity index (χ0v) is 8.36. The molecule has 0 radical (unpaired) electrons. The van der Waals surface area contributed by atoms with E-state index in [9.17, 15) is 0 Å². The zero-order valence-electron chi connectivity index (χ0n) is 6.85. The van der Waals surface area contributed by atoms with Crippen LogP contribution in [0, 0.1) is 11.3 Å². The summed E-state index contributed by atoms with van der Waals surface area (Å²) in [7, 11) is 0. The Balaban J connectivity index is 2.59. The van der Waals surface area contributed by atoms with Gasteiger partial charge in [0, 0.05) is 12.2 Å². The first-order chi connectivity index (χ1) is 6.24. The highest BCUT2D eigenvalue weighted by molar-refractivity contribution is 6.42. The van der Waals surface area contributed by atoms with Crippen LogP contribution in [0.1, 0.15) is 6.42 Å². The van der Waals surface area contributed by atoms with E-state index in [1.54, 1.807) is 12.1 Å². The first-order valence-corrected chi connectivity index (χ1v) is 4.55. The zero-order chi connectivity index (χ0) is 9.68. The van der Waals surface area contributed by atoms with Crippen molar-refractivity contribution in [1.82, 2.24) is 0 Å². The minimum absolute atomic E-state index is 0.472. The molecule has 1 aromatic carbocycles. The molecule has 0 saturated carbocycles. The van der Waals surface area contributed by atoms with E-state index >= 15 is 0 Å². The van der Waals surface area contributed by atoms with E-state index in [4.69, 9.17) is 28.5 Å². The van der Waals surface area contributed by atoms with Crippen LogP contribution in [0.5, 0.6) is 0 Å². The second kappa shape index (κ2) is 4.96. The van der Waals surface area contributed by atoms with Gasteiger partial charge in [0.15, 0.2) is 0 Å².